The van der Waals surface area contributed by atoms with Crippen molar-refractivity contribution in [3.8, 4) is 0 Å². The summed E-state index contributed by atoms with van der Waals surface area (Å²) >= 11 is 5.17. The number of hydrogen-bond acceptors (Lipinski definition) is 2. The first-order valence-electron chi connectivity index (χ1n) is 5.92. The molecule has 1 atom stereocenters. The third kappa shape index (κ3) is 3.96. The van der Waals surface area contributed by atoms with E-state index in [1.807, 2.05) is 6.07 Å². The molecule has 0 fully saturated rings. The fourth-order valence-electron chi connectivity index (χ4n) is 1.97. The minimum absolute atomic E-state index is 0.190. The van der Waals surface area contributed by atoms with Gasteiger partial charge >= 0.3 is 0 Å². The van der Waals surface area contributed by atoms with Gasteiger partial charge in [-0.05, 0) is 53.7 Å². The lowest BCUT2D eigenvalue weighted by Crippen LogP contribution is -2.32. The summed E-state index contributed by atoms with van der Waals surface area (Å²) in [6, 6.07) is 4.15. The van der Waals surface area contributed by atoms with Crippen molar-refractivity contribution >= 4 is 33.2 Å². The molecule has 1 aliphatic rings. The van der Waals surface area contributed by atoms with E-state index in [0.29, 0.717) is 0 Å². The predicted octanol–water partition coefficient (Wildman–Crippen LogP) is 3.53. The van der Waals surface area contributed by atoms with Gasteiger partial charge in [0, 0.05) is 17.3 Å². The first-order valence-corrected chi connectivity index (χ1v) is 7.53. The number of halogens is 1. The number of amides is 1. The average molecular weight is 314 g/mol. The molecule has 0 spiro atoms. The highest BCUT2D eigenvalue weighted by Crippen LogP contribution is 2.22. The molecular formula is C13H16BrNOS. The van der Waals surface area contributed by atoms with Gasteiger partial charge in [-0.25, -0.2) is 0 Å². The molecule has 0 radical (unpaired) electrons. The molecule has 1 aromatic heterocycles. The first-order chi connectivity index (χ1) is 8.25. The normalized spacial score (nSPS) is 19.2. The van der Waals surface area contributed by atoms with Gasteiger partial charge in [0.15, 0.2) is 0 Å². The summed E-state index contributed by atoms with van der Waals surface area (Å²) in [7, 11) is 0. The van der Waals surface area contributed by atoms with E-state index in [-0.39, 0.29) is 11.8 Å². The molecule has 1 heterocycles. The third-order valence-corrected chi connectivity index (χ3v) is 4.62. The number of hydrogen-bond donors (Lipinski definition) is 1. The molecule has 1 N–H and O–H groups in total. The Kier molecular flexibility index (Phi) is 4.80. The fourth-order valence-corrected chi connectivity index (χ4v) is 3.45. The second kappa shape index (κ2) is 6.36. The minimum atomic E-state index is 0.190. The molecule has 4 heteroatoms. The maximum absolute atomic E-state index is 11.8. The SMILES string of the molecule is O=C(NCCc1ccc(Br)s1)C1CC=CCC1. The van der Waals surface area contributed by atoms with Gasteiger partial charge in [-0.3, -0.25) is 4.79 Å². The van der Waals surface area contributed by atoms with Crippen LogP contribution >= 0.6 is 27.3 Å². The van der Waals surface area contributed by atoms with Crippen molar-refractivity contribution in [2.75, 3.05) is 6.54 Å². The minimum Gasteiger partial charge on any atom is -0.355 e. The van der Waals surface area contributed by atoms with Crippen LogP contribution in [0.1, 0.15) is 24.1 Å². The largest absolute Gasteiger partial charge is 0.355 e. The van der Waals surface area contributed by atoms with Crippen molar-refractivity contribution < 1.29 is 4.79 Å². The maximum Gasteiger partial charge on any atom is 0.223 e. The topological polar surface area (TPSA) is 29.1 Å². The van der Waals surface area contributed by atoms with E-state index in [1.165, 1.54) is 4.88 Å². The van der Waals surface area contributed by atoms with Crippen molar-refractivity contribution in [1.82, 2.24) is 5.32 Å². The van der Waals surface area contributed by atoms with E-state index in [9.17, 15) is 4.79 Å². The zero-order valence-corrected chi connectivity index (χ0v) is 12.0. The van der Waals surface area contributed by atoms with Crippen LogP contribution in [0.4, 0.5) is 0 Å². The van der Waals surface area contributed by atoms with Gasteiger partial charge < -0.3 is 5.32 Å². The summed E-state index contributed by atoms with van der Waals surface area (Å²) in [5.74, 6) is 0.403. The molecule has 0 saturated carbocycles. The van der Waals surface area contributed by atoms with Crippen LogP contribution in [0.2, 0.25) is 0 Å². The molecule has 0 bridgehead atoms. The zero-order valence-electron chi connectivity index (χ0n) is 9.62. The summed E-state index contributed by atoms with van der Waals surface area (Å²) in [4.78, 5) is 13.1. The van der Waals surface area contributed by atoms with Gasteiger partial charge in [-0.2, -0.15) is 0 Å². The summed E-state index contributed by atoms with van der Waals surface area (Å²) in [5, 5.41) is 3.03. The van der Waals surface area contributed by atoms with Crippen molar-refractivity contribution in [3.05, 3.63) is 32.9 Å². The number of nitrogens with one attached hydrogen (secondary N) is 1. The fraction of sp³-hybridized carbons (Fsp3) is 0.462. The Morgan fingerprint density at radius 1 is 1.47 bits per heavy atom. The summed E-state index contributed by atoms with van der Waals surface area (Å²) in [6.45, 7) is 0.742. The second-order valence-corrected chi connectivity index (χ2v) is 6.78. The molecule has 17 heavy (non-hydrogen) atoms. The van der Waals surface area contributed by atoms with Crippen LogP contribution in [0.25, 0.3) is 0 Å². The van der Waals surface area contributed by atoms with Crippen molar-refractivity contribution in [3.63, 3.8) is 0 Å². The van der Waals surface area contributed by atoms with E-state index in [1.54, 1.807) is 11.3 Å². The van der Waals surface area contributed by atoms with Crippen LogP contribution in [-0.4, -0.2) is 12.5 Å². The van der Waals surface area contributed by atoms with Gasteiger partial charge in [0.25, 0.3) is 0 Å². The van der Waals surface area contributed by atoms with E-state index < -0.39 is 0 Å². The quantitative estimate of drug-likeness (QED) is 0.847. The van der Waals surface area contributed by atoms with Crippen molar-refractivity contribution in [2.45, 2.75) is 25.7 Å². The lowest BCUT2D eigenvalue weighted by atomic mass is 9.94. The monoisotopic (exact) mass is 313 g/mol. The van der Waals surface area contributed by atoms with E-state index >= 15 is 0 Å². The molecule has 1 amide bonds. The number of rotatable bonds is 4. The van der Waals surface area contributed by atoms with E-state index in [2.05, 4.69) is 39.5 Å². The Balaban J connectivity index is 1.71. The Morgan fingerprint density at radius 2 is 2.35 bits per heavy atom. The summed E-state index contributed by atoms with van der Waals surface area (Å²) < 4.78 is 1.15. The molecule has 2 nitrogen and oxygen atoms in total. The van der Waals surface area contributed by atoms with Crippen LogP contribution in [0.5, 0.6) is 0 Å². The van der Waals surface area contributed by atoms with Crippen LogP contribution in [-0.2, 0) is 11.2 Å². The molecular weight excluding hydrogens is 298 g/mol. The first kappa shape index (κ1) is 12.8. The number of thiophene rings is 1. The molecule has 0 aromatic carbocycles. The van der Waals surface area contributed by atoms with Crippen LogP contribution in [0.15, 0.2) is 28.1 Å². The van der Waals surface area contributed by atoms with Gasteiger partial charge in [0.2, 0.25) is 5.91 Å². The van der Waals surface area contributed by atoms with Crippen LogP contribution in [0, 0.1) is 5.92 Å². The molecule has 0 aliphatic heterocycles. The Morgan fingerprint density at radius 3 is 3.00 bits per heavy atom. The van der Waals surface area contributed by atoms with Gasteiger partial charge in [-0.1, -0.05) is 12.2 Å². The molecule has 1 aromatic rings. The number of carbonyl (C=O) groups excluding carboxylic acids is 1. The van der Waals surface area contributed by atoms with Crippen molar-refractivity contribution in [1.29, 1.82) is 0 Å². The standard InChI is InChI=1S/C13H16BrNOS/c14-12-7-6-11(17-12)8-9-15-13(16)10-4-2-1-3-5-10/h1-2,6-7,10H,3-5,8-9H2,(H,15,16). The Bertz CT molecular complexity index is 413. The van der Waals surface area contributed by atoms with Gasteiger partial charge in [0.1, 0.15) is 0 Å². The Hall–Kier alpha value is -0.610. The van der Waals surface area contributed by atoms with E-state index in [4.69, 9.17) is 0 Å². The molecule has 92 valence electrons. The highest BCUT2D eigenvalue weighted by Gasteiger charge is 2.17. The Labute approximate surface area is 114 Å². The lowest BCUT2D eigenvalue weighted by molar-refractivity contribution is -0.125. The van der Waals surface area contributed by atoms with Crippen LogP contribution < -0.4 is 5.32 Å². The summed E-state index contributed by atoms with van der Waals surface area (Å²) in [6.07, 6.45) is 8.13. The molecule has 1 aliphatic carbocycles. The number of allylic oxidation sites excluding steroid dienone is 2. The highest BCUT2D eigenvalue weighted by atomic mass is 79.9. The summed E-state index contributed by atoms with van der Waals surface area (Å²) in [5.41, 5.74) is 0. The molecule has 2 rings (SSSR count). The third-order valence-electron chi connectivity index (χ3n) is 2.94. The smallest absolute Gasteiger partial charge is 0.223 e. The van der Waals surface area contributed by atoms with Crippen LogP contribution in [0.3, 0.4) is 0 Å². The second-order valence-electron chi connectivity index (χ2n) is 4.23. The average Bonchev–Trinajstić information content (AvgIpc) is 2.76. The lowest BCUT2D eigenvalue weighted by Gasteiger charge is -2.16. The van der Waals surface area contributed by atoms with E-state index in [0.717, 1.165) is 36.0 Å². The van der Waals surface area contributed by atoms with Crippen molar-refractivity contribution in [2.24, 2.45) is 5.92 Å². The van der Waals surface area contributed by atoms with Gasteiger partial charge in [0.05, 0.1) is 3.79 Å². The van der Waals surface area contributed by atoms with Gasteiger partial charge in [-0.15, -0.1) is 11.3 Å². The number of carbonyl (C=O) groups is 1. The maximum atomic E-state index is 11.8. The highest BCUT2D eigenvalue weighted by molar-refractivity contribution is 9.11. The molecule has 0 saturated heterocycles. The predicted molar refractivity (Wildman–Crippen MR) is 75.2 cm³/mol. The molecule has 1 unspecified atom stereocenters. The zero-order chi connectivity index (χ0) is 12.1.